The number of nitrogens with zero attached hydrogens (tertiary/aromatic N) is 1. The van der Waals surface area contributed by atoms with Crippen molar-refractivity contribution in [3.8, 4) is 11.3 Å². The maximum absolute atomic E-state index is 13.0. The molecule has 0 saturated carbocycles. The summed E-state index contributed by atoms with van der Waals surface area (Å²) in [5.41, 5.74) is 2.41. The Morgan fingerprint density at radius 1 is 1.04 bits per heavy atom. The largest absolute Gasteiger partial charge is 0.354 e. The average Bonchev–Trinajstić information content (AvgIpc) is 3.06. The number of carbonyl (C=O) groups is 1. The number of aromatic amines is 1. The zero-order valence-electron chi connectivity index (χ0n) is 14.6. The molecule has 0 unspecified atom stereocenters. The van der Waals surface area contributed by atoms with E-state index in [-0.39, 0.29) is 4.90 Å². The Morgan fingerprint density at radius 2 is 1.78 bits per heavy atom. The monoisotopic (exact) mass is 402 g/mol. The van der Waals surface area contributed by atoms with Gasteiger partial charge in [-0.15, -0.1) is 0 Å². The molecule has 5 nitrogen and oxygen atoms in total. The van der Waals surface area contributed by atoms with Crippen LogP contribution in [0.15, 0.2) is 47.4 Å². The molecular formula is C20H19ClN2O3S. The molecule has 4 rings (SSSR count). The molecular weight excluding hydrogens is 384 g/mol. The number of rotatable bonds is 4. The van der Waals surface area contributed by atoms with Crippen molar-refractivity contribution in [1.29, 1.82) is 0 Å². The summed E-state index contributed by atoms with van der Waals surface area (Å²) in [7, 11) is -3.56. The van der Waals surface area contributed by atoms with Crippen molar-refractivity contribution in [1.82, 2.24) is 9.29 Å². The molecule has 1 aliphatic heterocycles. The summed E-state index contributed by atoms with van der Waals surface area (Å²) >= 11 is 6.28. The van der Waals surface area contributed by atoms with Crippen LogP contribution in [-0.2, 0) is 10.0 Å². The SMILES string of the molecule is O=Cc1c(-c2ccccc2Cl)[nH]c2ccc(S(=O)(=O)N3CCCCC3)cc12. The number of benzene rings is 2. The van der Waals surface area contributed by atoms with E-state index in [9.17, 15) is 13.2 Å². The summed E-state index contributed by atoms with van der Waals surface area (Å²) < 4.78 is 27.5. The highest BCUT2D eigenvalue weighted by molar-refractivity contribution is 7.89. The van der Waals surface area contributed by atoms with E-state index in [1.54, 1.807) is 24.3 Å². The lowest BCUT2D eigenvalue weighted by Crippen LogP contribution is -2.35. The minimum atomic E-state index is -3.56. The maximum atomic E-state index is 13.0. The first kappa shape index (κ1) is 18.2. The predicted molar refractivity (Wildman–Crippen MR) is 107 cm³/mol. The third-order valence-corrected chi connectivity index (χ3v) is 7.25. The van der Waals surface area contributed by atoms with Crippen molar-refractivity contribution in [2.45, 2.75) is 24.2 Å². The second-order valence-electron chi connectivity index (χ2n) is 6.68. The number of halogens is 1. The fraction of sp³-hybridized carbons (Fsp3) is 0.250. The number of hydrogen-bond donors (Lipinski definition) is 1. The summed E-state index contributed by atoms with van der Waals surface area (Å²) in [5, 5.41) is 1.10. The predicted octanol–water partition coefficient (Wildman–Crippen LogP) is 4.48. The number of hydrogen-bond acceptors (Lipinski definition) is 3. The van der Waals surface area contributed by atoms with Crippen molar-refractivity contribution in [3.63, 3.8) is 0 Å². The van der Waals surface area contributed by atoms with Crippen molar-refractivity contribution < 1.29 is 13.2 Å². The molecule has 1 aromatic heterocycles. The van der Waals surface area contributed by atoms with E-state index in [1.165, 1.54) is 4.31 Å². The van der Waals surface area contributed by atoms with Gasteiger partial charge in [0.15, 0.2) is 6.29 Å². The Balaban J connectivity index is 1.86. The van der Waals surface area contributed by atoms with Gasteiger partial charge in [0.1, 0.15) is 0 Å². The van der Waals surface area contributed by atoms with Gasteiger partial charge in [0, 0.05) is 40.1 Å². The van der Waals surface area contributed by atoms with E-state index in [2.05, 4.69) is 4.98 Å². The molecule has 7 heteroatoms. The Labute approximate surface area is 163 Å². The van der Waals surface area contributed by atoms with Crippen molar-refractivity contribution in [2.75, 3.05) is 13.1 Å². The second kappa shape index (κ2) is 7.11. The molecule has 0 amide bonds. The van der Waals surface area contributed by atoms with Crippen LogP contribution in [0.2, 0.25) is 5.02 Å². The molecule has 2 heterocycles. The molecule has 140 valence electrons. The molecule has 0 bridgehead atoms. The van der Waals surface area contributed by atoms with E-state index < -0.39 is 10.0 Å². The van der Waals surface area contributed by atoms with Crippen LogP contribution in [-0.4, -0.2) is 37.1 Å². The molecule has 1 saturated heterocycles. The topological polar surface area (TPSA) is 70.2 Å². The summed E-state index contributed by atoms with van der Waals surface area (Å²) in [4.78, 5) is 15.2. The molecule has 1 N–H and O–H groups in total. The molecule has 0 atom stereocenters. The van der Waals surface area contributed by atoms with Gasteiger partial charge in [-0.1, -0.05) is 36.2 Å². The lowest BCUT2D eigenvalue weighted by Gasteiger charge is -2.25. The number of fused-ring (bicyclic) bond motifs is 1. The highest BCUT2D eigenvalue weighted by Crippen LogP contribution is 2.34. The Bertz CT molecular complexity index is 1120. The lowest BCUT2D eigenvalue weighted by molar-refractivity contribution is 0.112. The van der Waals surface area contributed by atoms with E-state index >= 15 is 0 Å². The average molecular weight is 403 g/mol. The number of H-pyrrole nitrogens is 1. The fourth-order valence-electron chi connectivity index (χ4n) is 3.61. The number of aldehydes is 1. The van der Waals surface area contributed by atoms with Crippen LogP contribution < -0.4 is 0 Å². The van der Waals surface area contributed by atoms with Crippen molar-refractivity contribution in [2.24, 2.45) is 0 Å². The summed E-state index contributed by atoms with van der Waals surface area (Å²) in [6, 6.07) is 12.1. The van der Waals surface area contributed by atoms with Crippen LogP contribution >= 0.6 is 11.6 Å². The molecule has 1 fully saturated rings. The standard InChI is InChI=1S/C20H19ClN2O3S/c21-18-7-3-2-6-15(18)20-17(13-24)16-12-14(8-9-19(16)22-20)27(25,26)23-10-4-1-5-11-23/h2-3,6-9,12-13,22H,1,4-5,10-11H2. The number of aromatic nitrogens is 1. The van der Waals surface area contributed by atoms with Crippen LogP contribution in [0.1, 0.15) is 29.6 Å². The zero-order chi connectivity index (χ0) is 19.0. The number of sulfonamides is 1. The van der Waals surface area contributed by atoms with E-state index in [1.807, 2.05) is 18.2 Å². The third kappa shape index (κ3) is 3.18. The van der Waals surface area contributed by atoms with Crippen LogP contribution in [0.5, 0.6) is 0 Å². The first-order valence-corrected chi connectivity index (χ1v) is 10.7. The normalized spacial score (nSPS) is 15.9. The minimum Gasteiger partial charge on any atom is -0.354 e. The second-order valence-corrected chi connectivity index (χ2v) is 9.03. The first-order chi connectivity index (χ1) is 13.0. The van der Waals surface area contributed by atoms with E-state index in [4.69, 9.17) is 11.6 Å². The van der Waals surface area contributed by atoms with Gasteiger partial charge in [0.05, 0.1) is 10.6 Å². The van der Waals surface area contributed by atoms with Crippen LogP contribution in [0.3, 0.4) is 0 Å². The molecule has 27 heavy (non-hydrogen) atoms. The van der Waals surface area contributed by atoms with Crippen LogP contribution in [0.25, 0.3) is 22.2 Å². The Kier molecular flexibility index (Phi) is 4.80. The van der Waals surface area contributed by atoms with Gasteiger partial charge in [0.25, 0.3) is 0 Å². The maximum Gasteiger partial charge on any atom is 0.243 e. The minimum absolute atomic E-state index is 0.213. The molecule has 0 radical (unpaired) electrons. The smallest absolute Gasteiger partial charge is 0.243 e. The highest BCUT2D eigenvalue weighted by atomic mass is 35.5. The van der Waals surface area contributed by atoms with Gasteiger partial charge in [-0.05, 0) is 37.1 Å². The summed E-state index contributed by atoms with van der Waals surface area (Å²) in [5.74, 6) is 0. The van der Waals surface area contributed by atoms with Gasteiger partial charge in [0.2, 0.25) is 10.0 Å². The van der Waals surface area contributed by atoms with Gasteiger partial charge < -0.3 is 4.98 Å². The van der Waals surface area contributed by atoms with Gasteiger partial charge in [-0.3, -0.25) is 4.79 Å². The van der Waals surface area contributed by atoms with Crippen LogP contribution in [0, 0.1) is 0 Å². The Morgan fingerprint density at radius 3 is 2.48 bits per heavy atom. The first-order valence-electron chi connectivity index (χ1n) is 8.88. The molecule has 3 aromatic rings. The summed E-state index contributed by atoms with van der Waals surface area (Å²) in [6.45, 7) is 1.08. The number of nitrogens with one attached hydrogen (secondary N) is 1. The fourth-order valence-corrected chi connectivity index (χ4v) is 5.38. The third-order valence-electron chi connectivity index (χ3n) is 5.02. The highest BCUT2D eigenvalue weighted by Gasteiger charge is 2.27. The van der Waals surface area contributed by atoms with Crippen molar-refractivity contribution >= 4 is 38.8 Å². The van der Waals surface area contributed by atoms with Gasteiger partial charge >= 0.3 is 0 Å². The summed E-state index contributed by atoms with van der Waals surface area (Å²) in [6.07, 6.45) is 3.55. The number of piperidine rings is 1. The van der Waals surface area contributed by atoms with Gasteiger partial charge in [-0.2, -0.15) is 4.31 Å². The van der Waals surface area contributed by atoms with E-state index in [0.717, 1.165) is 25.5 Å². The quantitative estimate of drug-likeness (QED) is 0.654. The van der Waals surface area contributed by atoms with Crippen LogP contribution in [0.4, 0.5) is 0 Å². The van der Waals surface area contributed by atoms with Gasteiger partial charge in [-0.25, -0.2) is 8.42 Å². The molecule has 2 aromatic carbocycles. The lowest BCUT2D eigenvalue weighted by atomic mass is 10.1. The van der Waals surface area contributed by atoms with E-state index in [0.29, 0.717) is 45.8 Å². The molecule has 0 aliphatic carbocycles. The molecule has 1 aliphatic rings. The van der Waals surface area contributed by atoms with Crippen molar-refractivity contribution in [3.05, 3.63) is 53.1 Å². The zero-order valence-corrected chi connectivity index (χ0v) is 16.2. The number of carbonyl (C=O) groups excluding carboxylic acids is 1. The Hall–Kier alpha value is -2.15. The molecule has 0 spiro atoms.